The van der Waals surface area contributed by atoms with Crippen LogP contribution >= 0.6 is 0 Å². The Morgan fingerprint density at radius 3 is 2.55 bits per heavy atom. The molecule has 0 fully saturated rings. The Morgan fingerprint density at radius 1 is 1.18 bits per heavy atom. The van der Waals surface area contributed by atoms with Gasteiger partial charge >= 0.3 is 0 Å². The van der Waals surface area contributed by atoms with Crippen molar-refractivity contribution < 1.29 is 0 Å². The Hall–Kier alpha value is -1.04. The van der Waals surface area contributed by atoms with Crippen molar-refractivity contribution in [3.05, 3.63) is 55.0 Å². The van der Waals surface area contributed by atoms with E-state index < -0.39 is 0 Å². The van der Waals surface area contributed by atoms with Crippen LogP contribution in [0.5, 0.6) is 0 Å². The van der Waals surface area contributed by atoms with E-state index in [0.717, 1.165) is 12.8 Å². The Balaban J connectivity index is 2.39. The van der Waals surface area contributed by atoms with E-state index in [-0.39, 0.29) is 0 Å². The van der Waals surface area contributed by atoms with Crippen LogP contribution in [0, 0.1) is 6.92 Å². The second-order valence-corrected chi connectivity index (χ2v) is 2.45. The van der Waals surface area contributed by atoms with Crippen LogP contribution in [0.4, 0.5) is 0 Å². The standard InChI is InChI=1S/C11H12/c1-2-3-5-8-11-9-6-4-7-10-11/h1-4,6-7,9-10H,5,8H2. The maximum atomic E-state index is 5.21. The van der Waals surface area contributed by atoms with Gasteiger partial charge in [-0.25, -0.2) is 0 Å². The van der Waals surface area contributed by atoms with Crippen molar-refractivity contribution in [2.45, 2.75) is 12.8 Å². The highest BCUT2D eigenvalue weighted by atomic mass is 13.9. The average Bonchev–Trinajstić information content (AvgIpc) is 2.07. The molecule has 0 aliphatic carbocycles. The first kappa shape index (κ1) is 8.06. The van der Waals surface area contributed by atoms with Crippen LogP contribution in [0.2, 0.25) is 0 Å². The second-order valence-electron chi connectivity index (χ2n) is 2.45. The lowest BCUT2D eigenvalue weighted by molar-refractivity contribution is 1.00. The van der Waals surface area contributed by atoms with E-state index in [4.69, 9.17) is 6.92 Å². The van der Waals surface area contributed by atoms with Crippen LogP contribution in [0.15, 0.2) is 42.5 Å². The molecule has 2 radical (unpaired) electrons. The summed E-state index contributed by atoms with van der Waals surface area (Å²) in [4.78, 5) is 0. The molecule has 1 rings (SSSR count). The van der Waals surface area contributed by atoms with Gasteiger partial charge in [-0.2, -0.15) is 0 Å². The largest absolute Gasteiger partial charge is 0.0879 e. The van der Waals surface area contributed by atoms with Crippen molar-refractivity contribution in [2.75, 3.05) is 0 Å². The van der Waals surface area contributed by atoms with E-state index in [1.165, 1.54) is 5.56 Å². The van der Waals surface area contributed by atoms with Gasteiger partial charge in [0.05, 0.1) is 0 Å². The Morgan fingerprint density at radius 2 is 1.91 bits per heavy atom. The smallest absolute Gasteiger partial charge is 0.00958 e. The molecule has 0 atom stereocenters. The number of hydrogen-bond donors (Lipinski definition) is 0. The molecule has 0 heteroatoms. The van der Waals surface area contributed by atoms with Crippen molar-refractivity contribution in [2.24, 2.45) is 0 Å². The van der Waals surface area contributed by atoms with Gasteiger partial charge < -0.3 is 0 Å². The molecule has 0 saturated heterocycles. The molecule has 0 spiro atoms. The van der Waals surface area contributed by atoms with Gasteiger partial charge in [0, 0.05) is 0 Å². The summed E-state index contributed by atoms with van der Waals surface area (Å²) in [5.74, 6) is 0. The SMILES string of the molecule is [CH]C=CCCc1ccccc1. The highest BCUT2D eigenvalue weighted by Crippen LogP contribution is 2.02. The van der Waals surface area contributed by atoms with Crippen LogP contribution in [0.1, 0.15) is 12.0 Å². The molecule has 0 aliphatic heterocycles. The van der Waals surface area contributed by atoms with E-state index in [1.807, 2.05) is 12.1 Å². The van der Waals surface area contributed by atoms with Crippen molar-refractivity contribution in [3.8, 4) is 0 Å². The summed E-state index contributed by atoms with van der Waals surface area (Å²) in [6, 6.07) is 10.4. The highest BCUT2D eigenvalue weighted by Gasteiger charge is 1.86. The summed E-state index contributed by atoms with van der Waals surface area (Å²) in [5.41, 5.74) is 1.37. The number of benzene rings is 1. The van der Waals surface area contributed by atoms with Crippen LogP contribution in [-0.2, 0) is 6.42 Å². The molecular formula is C11H12. The van der Waals surface area contributed by atoms with Gasteiger partial charge in [-0.15, -0.1) is 0 Å². The van der Waals surface area contributed by atoms with Gasteiger partial charge in [-0.1, -0.05) is 42.5 Å². The molecule has 11 heavy (non-hydrogen) atoms. The highest BCUT2D eigenvalue weighted by molar-refractivity contribution is 5.15. The molecule has 1 aromatic carbocycles. The molecule has 0 nitrogen and oxygen atoms in total. The Labute approximate surface area is 68.6 Å². The number of hydrogen-bond acceptors (Lipinski definition) is 0. The van der Waals surface area contributed by atoms with Crippen molar-refractivity contribution in [1.29, 1.82) is 0 Å². The third kappa shape index (κ3) is 3.03. The molecule has 0 unspecified atom stereocenters. The first-order chi connectivity index (χ1) is 5.43. The predicted octanol–water partition coefficient (Wildman–Crippen LogP) is 2.89. The van der Waals surface area contributed by atoms with Crippen LogP contribution in [0.25, 0.3) is 0 Å². The quantitative estimate of drug-likeness (QED) is 0.612. The minimum Gasteiger partial charge on any atom is -0.0879 e. The van der Waals surface area contributed by atoms with Gasteiger partial charge in [0.15, 0.2) is 0 Å². The zero-order valence-electron chi connectivity index (χ0n) is 6.53. The minimum atomic E-state index is 1.03. The topological polar surface area (TPSA) is 0 Å². The van der Waals surface area contributed by atoms with E-state index in [2.05, 4.69) is 24.3 Å². The molecule has 0 heterocycles. The molecule has 0 amide bonds. The van der Waals surface area contributed by atoms with E-state index >= 15 is 0 Å². The predicted molar refractivity (Wildman–Crippen MR) is 48.2 cm³/mol. The first-order valence-electron chi connectivity index (χ1n) is 3.84. The fourth-order valence-corrected chi connectivity index (χ4v) is 0.991. The third-order valence-corrected chi connectivity index (χ3v) is 1.58. The number of allylic oxidation sites excluding steroid dienone is 2. The number of rotatable bonds is 3. The van der Waals surface area contributed by atoms with Gasteiger partial charge in [0.25, 0.3) is 0 Å². The molecule has 1 aromatic rings. The fraction of sp³-hybridized carbons (Fsp3) is 0.182. The molecule has 0 N–H and O–H groups in total. The summed E-state index contributed by atoms with van der Waals surface area (Å²) in [6.07, 6.45) is 5.69. The maximum Gasteiger partial charge on any atom is -0.00958 e. The van der Waals surface area contributed by atoms with E-state index in [0.29, 0.717) is 0 Å². The zero-order chi connectivity index (χ0) is 7.94. The molecule has 0 bridgehead atoms. The summed E-state index contributed by atoms with van der Waals surface area (Å²) in [6.45, 7) is 5.21. The summed E-state index contributed by atoms with van der Waals surface area (Å²) in [7, 11) is 0. The Kier molecular flexibility index (Phi) is 3.46. The van der Waals surface area contributed by atoms with Gasteiger partial charge in [-0.3, -0.25) is 0 Å². The van der Waals surface area contributed by atoms with E-state index in [1.54, 1.807) is 6.08 Å². The van der Waals surface area contributed by atoms with Crippen molar-refractivity contribution >= 4 is 0 Å². The summed E-state index contributed by atoms with van der Waals surface area (Å²) < 4.78 is 0. The average molecular weight is 144 g/mol. The fourth-order valence-electron chi connectivity index (χ4n) is 0.991. The van der Waals surface area contributed by atoms with Gasteiger partial charge in [0.2, 0.25) is 0 Å². The minimum absolute atomic E-state index is 1.03. The zero-order valence-corrected chi connectivity index (χ0v) is 6.53. The second kappa shape index (κ2) is 4.73. The van der Waals surface area contributed by atoms with Crippen molar-refractivity contribution in [3.63, 3.8) is 0 Å². The lowest BCUT2D eigenvalue weighted by atomic mass is 10.1. The summed E-state index contributed by atoms with van der Waals surface area (Å²) in [5, 5.41) is 0. The van der Waals surface area contributed by atoms with Gasteiger partial charge in [-0.05, 0) is 25.3 Å². The van der Waals surface area contributed by atoms with Crippen LogP contribution in [0.3, 0.4) is 0 Å². The van der Waals surface area contributed by atoms with Crippen LogP contribution in [-0.4, -0.2) is 0 Å². The monoisotopic (exact) mass is 144 g/mol. The van der Waals surface area contributed by atoms with Crippen molar-refractivity contribution in [1.82, 2.24) is 0 Å². The van der Waals surface area contributed by atoms with Gasteiger partial charge in [0.1, 0.15) is 0 Å². The molecular weight excluding hydrogens is 132 g/mol. The lowest BCUT2D eigenvalue weighted by Gasteiger charge is -1.95. The van der Waals surface area contributed by atoms with Crippen LogP contribution < -0.4 is 0 Å². The van der Waals surface area contributed by atoms with E-state index in [9.17, 15) is 0 Å². The molecule has 0 saturated carbocycles. The first-order valence-corrected chi connectivity index (χ1v) is 3.84. The maximum absolute atomic E-state index is 5.21. The molecule has 0 aromatic heterocycles. The molecule has 56 valence electrons. The molecule has 0 aliphatic rings. The normalized spacial score (nSPS) is 10.6. The lowest BCUT2D eigenvalue weighted by Crippen LogP contribution is -1.80. The number of aryl methyl sites for hydroxylation is 1. The third-order valence-electron chi connectivity index (χ3n) is 1.58. The summed E-state index contributed by atoms with van der Waals surface area (Å²) >= 11 is 0. The Bertz CT molecular complexity index is 209.